The number of allylic oxidation sites excluding steroid dienone is 12. The molecular formula is C57H102NO8P. The normalized spacial score (nSPS) is 13.9. The average Bonchev–Trinajstić information content (AvgIpc) is 3.29. The average molecular weight is 960 g/mol. The highest BCUT2D eigenvalue weighted by Crippen LogP contribution is 2.38. The third-order valence-corrected chi connectivity index (χ3v) is 12.5. The van der Waals surface area contributed by atoms with Crippen molar-refractivity contribution in [3.05, 3.63) is 72.9 Å². The Balaban J connectivity index is 4.03. The fourth-order valence-corrected chi connectivity index (χ4v) is 8.04. The second kappa shape index (κ2) is 48.5. The second-order valence-electron chi connectivity index (χ2n) is 19.2. The number of likely N-dealkylation sites (N-methyl/N-ethyl adjacent to an activating group) is 1. The van der Waals surface area contributed by atoms with Gasteiger partial charge in [0.2, 0.25) is 0 Å². The number of rotatable bonds is 49. The Bertz CT molecular complexity index is 1360. The molecule has 10 heteroatoms. The minimum Gasteiger partial charge on any atom is -0.756 e. The molecule has 0 rings (SSSR count). The number of carbonyl (C=O) groups excluding carboxylic acids is 2. The standard InChI is InChI=1S/C57H102NO8P/c1-6-8-10-12-14-16-18-19-20-21-22-23-24-25-26-27-28-29-30-31-32-33-34-35-36-37-38-39-40-42-44-46-48-50-57(60)66-55(54-65-67(61,62)64-52-51-58(3,4)5)53-63-56(59)49-47-45-43-41-17-15-13-11-9-7-2/h8,10,14,16,19-20,22-23,25-26,28-29,55H,6-7,9,11-13,15,17-18,21,24,27,30-54H2,1-5H3/b10-8-,16-14-,20-19-,23-22-,26-25-,29-28-. The number of phosphoric ester groups is 1. The van der Waals surface area contributed by atoms with Crippen LogP contribution in [0.1, 0.15) is 226 Å². The van der Waals surface area contributed by atoms with E-state index >= 15 is 0 Å². The van der Waals surface area contributed by atoms with Crippen molar-refractivity contribution in [2.75, 3.05) is 47.5 Å². The third-order valence-electron chi connectivity index (χ3n) is 11.5. The van der Waals surface area contributed by atoms with Crippen molar-refractivity contribution in [1.82, 2.24) is 0 Å². The van der Waals surface area contributed by atoms with E-state index in [1.54, 1.807) is 0 Å². The number of quaternary nitrogens is 1. The summed E-state index contributed by atoms with van der Waals surface area (Å²) in [5.74, 6) is -0.833. The van der Waals surface area contributed by atoms with E-state index in [2.05, 4.69) is 86.8 Å². The molecule has 0 bridgehead atoms. The van der Waals surface area contributed by atoms with Gasteiger partial charge >= 0.3 is 11.9 Å². The first-order valence-electron chi connectivity index (χ1n) is 27.1. The Labute approximate surface area is 412 Å². The molecule has 9 nitrogen and oxygen atoms in total. The molecule has 0 amide bonds. The first-order valence-corrected chi connectivity index (χ1v) is 28.6. The first-order chi connectivity index (χ1) is 32.5. The van der Waals surface area contributed by atoms with Gasteiger partial charge in [0, 0.05) is 12.8 Å². The molecule has 2 unspecified atom stereocenters. The lowest BCUT2D eigenvalue weighted by atomic mass is 10.0. The Morgan fingerprint density at radius 1 is 0.478 bits per heavy atom. The molecule has 0 spiro atoms. The van der Waals surface area contributed by atoms with Crippen LogP contribution in [0.2, 0.25) is 0 Å². The van der Waals surface area contributed by atoms with Crippen molar-refractivity contribution in [3.63, 3.8) is 0 Å². The maximum atomic E-state index is 12.7. The molecule has 388 valence electrons. The molecule has 0 aromatic carbocycles. The van der Waals surface area contributed by atoms with Gasteiger partial charge in [-0.15, -0.1) is 0 Å². The van der Waals surface area contributed by atoms with Crippen molar-refractivity contribution >= 4 is 19.8 Å². The zero-order chi connectivity index (χ0) is 49.2. The third kappa shape index (κ3) is 52.7. The molecule has 0 aliphatic carbocycles. The number of nitrogens with zero attached hydrogens (tertiary/aromatic N) is 1. The molecule has 2 atom stereocenters. The summed E-state index contributed by atoms with van der Waals surface area (Å²) in [5.41, 5.74) is 0. The number of esters is 2. The van der Waals surface area contributed by atoms with E-state index in [0.29, 0.717) is 17.4 Å². The van der Waals surface area contributed by atoms with Crippen LogP contribution in [0.25, 0.3) is 0 Å². The van der Waals surface area contributed by atoms with Gasteiger partial charge in [-0.05, 0) is 64.2 Å². The minimum absolute atomic E-state index is 0.0314. The van der Waals surface area contributed by atoms with Gasteiger partial charge in [0.1, 0.15) is 19.8 Å². The monoisotopic (exact) mass is 960 g/mol. The van der Waals surface area contributed by atoms with Gasteiger partial charge in [-0.3, -0.25) is 14.2 Å². The smallest absolute Gasteiger partial charge is 0.306 e. The van der Waals surface area contributed by atoms with Crippen LogP contribution < -0.4 is 4.89 Å². The Morgan fingerprint density at radius 2 is 0.851 bits per heavy atom. The molecule has 0 aliphatic heterocycles. The summed E-state index contributed by atoms with van der Waals surface area (Å²) in [6.45, 7) is 4.11. The predicted octanol–water partition coefficient (Wildman–Crippen LogP) is 15.9. The van der Waals surface area contributed by atoms with Crippen LogP contribution >= 0.6 is 7.82 Å². The fourth-order valence-electron chi connectivity index (χ4n) is 7.31. The number of unbranched alkanes of at least 4 members (excludes halogenated alkanes) is 23. The van der Waals surface area contributed by atoms with Gasteiger partial charge in [0.15, 0.2) is 6.10 Å². The molecule has 0 saturated carbocycles. The van der Waals surface area contributed by atoms with Crippen LogP contribution in [0.3, 0.4) is 0 Å². The number of phosphoric acid groups is 1. The zero-order valence-electron chi connectivity index (χ0n) is 43.8. The summed E-state index contributed by atoms with van der Waals surface area (Å²) in [4.78, 5) is 37.6. The number of ether oxygens (including phenoxy) is 2. The Morgan fingerprint density at radius 3 is 1.27 bits per heavy atom. The predicted molar refractivity (Wildman–Crippen MR) is 282 cm³/mol. The Hall–Kier alpha value is -2.55. The van der Waals surface area contributed by atoms with Gasteiger partial charge < -0.3 is 27.9 Å². The highest BCUT2D eigenvalue weighted by molar-refractivity contribution is 7.45. The lowest BCUT2D eigenvalue weighted by Gasteiger charge is -2.28. The molecule has 0 aromatic rings. The lowest BCUT2D eigenvalue weighted by molar-refractivity contribution is -0.870. The number of carbonyl (C=O) groups is 2. The molecule has 0 saturated heterocycles. The molecule has 0 radical (unpaired) electrons. The van der Waals surface area contributed by atoms with Crippen molar-refractivity contribution in [2.24, 2.45) is 0 Å². The second-order valence-corrected chi connectivity index (χ2v) is 20.6. The van der Waals surface area contributed by atoms with E-state index in [-0.39, 0.29) is 32.0 Å². The lowest BCUT2D eigenvalue weighted by Crippen LogP contribution is -2.37. The topological polar surface area (TPSA) is 111 Å². The zero-order valence-corrected chi connectivity index (χ0v) is 44.7. The van der Waals surface area contributed by atoms with Gasteiger partial charge in [-0.2, -0.15) is 0 Å². The SMILES string of the molecule is CC/C=C\C/C=C\C/C=C\C/C=C\C/C=C\C/C=C\CCCCCCCCCCCCCCCCC(=O)OC(COC(=O)CCCCCCCCCCCC)COP(=O)([O-])OCC[N+](C)(C)C. The van der Waals surface area contributed by atoms with Gasteiger partial charge in [-0.25, -0.2) is 0 Å². The molecule has 0 aliphatic rings. The quantitative estimate of drug-likeness (QED) is 0.0195. The van der Waals surface area contributed by atoms with Crippen molar-refractivity contribution in [2.45, 2.75) is 232 Å². The van der Waals surface area contributed by atoms with Crippen LogP contribution in [0.15, 0.2) is 72.9 Å². The highest BCUT2D eigenvalue weighted by atomic mass is 31.2. The van der Waals surface area contributed by atoms with Crippen molar-refractivity contribution in [3.8, 4) is 0 Å². The molecule has 0 heterocycles. The molecule has 67 heavy (non-hydrogen) atoms. The van der Waals surface area contributed by atoms with E-state index < -0.39 is 26.5 Å². The first kappa shape index (κ1) is 64.5. The van der Waals surface area contributed by atoms with Gasteiger partial charge in [-0.1, -0.05) is 222 Å². The minimum atomic E-state index is -4.63. The maximum absolute atomic E-state index is 12.7. The van der Waals surface area contributed by atoms with Gasteiger partial charge in [0.05, 0.1) is 27.7 Å². The Kier molecular flexibility index (Phi) is 46.6. The summed E-state index contributed by atoms with van der Waals surface area (Å²) in [7, 11) is 1.17. The molecule has 0 aromatic heterocycles. The van der Waals surface area contributed by atoms with E-state index in [4.69, 9.17) is 18.5 Å². The number of hydrogen-bond donors (Lipinski definition) is 0. The van der Waals surface area contributed by atoms with E-state index in [1.165, 1.54) is 116 Å². The summed E-state index contributed by atoms with van der Waals surface area (Å²) >= 11 is 0. The van der Waals surface area contributed by atoms with Crippen LogP contribution in [0.4, 0.5) is 0 Å². The van der Waals surface area contributed by atoms with Gasteiger partial charge in [0.25, 0.3) is 7.82 Å². The highest BCUT2D eigenvalue weighted by Gasteiger charge is 2.21. The van der Waals surface area contributed by atoms with Crippen LogP contribution in [-0.4, -0.2) is 70.0 Å². The number of hydrogen-bond acceptors (Lipinski definition) is 8. The molecule has 0 fully saturated rings. The van der Waals surface area contributed by atoms with Crippen molar-refractivity contribution < 1.29 is 42.1 Å². The fraction of sp³-hybridized carbons (Fsp3) is 0.754. The summed E-state index contributed by atoms with van der Waals surface area (Å²) < 4.78 is 34.0. The van der Waals surface area contributed by atoms with E-state index in [1.807, 2.05) is 21.1 Å². The summed E-state index contributed by atoms with van der Waals surface area (Å²) in [6, 6.07) is 0. The van der Waals surface area contributed by atoms with Crippen LogP contribution in [0, 0.1) is 0 Å². The maximum Gasteiger partial charge on any atom is 0.306 e. The van der Waals surface area contributed by atoms with E-state index in [9.17, 15) is 19.0 Å². The molecular weight excluding hydrogens is 858 g/mol. The summed E-state index contributed by atoms with van der Waals surface area (Å²) in [6.07, 6.45) is 62.4. The van der Waals surface area contributed by atoms with Crippen LogP contribution in [0.5, 0.6) is 0 Å². The van der Waals surface area contributed by atoms with Crippen molar-refractivity contribution in [1.29, 1.82) is 0 Å². The summed E-state index contributed by atoms with van der Waals surface area (Å²) in [5, 5.41) is 0. The molecule has 0 N–H and O–H groups in total. The van der Waals surface area contributed by atoms with Crippen LogP contribution in [-0.2, 0) is 32.7 Å². The van der Waals surface area contributed by atoms with E-state index in [0.717, 1.165) is 77.0 Å². The largest absolute Gasteiger partial charge is 0.756 e.